The van der Waals surface area contributed by atoms with Gasteiger partial charge in [0.1, 0.15) is 5.82 Å². The van der Waals surface area contributed by atoms with E-state index in [0.29, 0.717) is 12.6 Å². The molecule has 0 aliphatic rings. The molecule has 1 aromatic rings. The maximum absolute atomic E-state index is 9.35. The first-order chi connectivity index (χ1) is 10.2. The van der Waals surface area contributed by atoms with Gasteiger partial charge in [-0.25, -0.2) is 4.98 Å². The van der Waals surface area contributed by atoms with Gasteiger partial charge in [-0.05, 0) is 49.9 Å². The first-order valence-corrected chi connectivity index (χ1v) is 8.21. The van der Waals surface area contributed by atoms with Gasteiger partial charge in [-0.3, -0.25) is 0 Å². The smallest absolute Gasteiger partial charge is 0.131 e. The minimum Gasteiger partial charge on any atom is -0.395 e. The number of nitrogens with one attached hydrogen (secondary N) is 1. The number of anilines is 1. The number of aromatic nitrogens is 1. The van der Waals surface area contributed by atoms with Gasteiger partial charge in [-0.15, -0.1) is 0 Å². The molecule has 120 valence electrons. The Hall–Kier alpha value is -1.13. The first kappa shape index (κ1) is 17.9. The molecule has 0 amide bonds. The molecule has 0 fully saturated rings. The number of hydrogen-bond donors (Lipinski definition) is 2. The minimum absolute atomic E-state index is 0.164. The largest absolute Gasteiger partial charge is 0.395 e. The number of aryl methyl sites for hydroxylation is 1. The van der Waals surface area contributed by atoms with Crippen LogP contribution in [0.3, 0.4) is 0 Å². The summed E-state index contributed by atoms with van der Waals surface area (Å²) in [7, 11) is 0. The molecular weight excluding hydrogens is 262 g/mol. The molecule has 4 nitrogen and oxygen atoms in total. The van der Waals surface area contributed by atoms with Crippen LogP contribution in [0.4, 0.5) is 5.82 Å². The number of nitrogens with zero attached hydrogens (tertiary/aromatic N) is 2. The highest BCUT2D eigenvalue weighted by atomic mass is 16.3. The SMILES string of the molecule is CCCNCc1cnc(N(CCO)C(CC)CC)c(C)c1. The molecule has 0 atom stereocenters. The van der Waals surface area contributed by atoms with E-state index in [2.05, 4.69) is 49.0 Å². The third-order valence-corrected chi connectivity index (χ3v) is 3.86. The van der Waals surface area contributed by atoms with E-state index < -0.39 is 0 Å². The molecule has 1 rings (SSSR count). The number of hydrogen-bond acceptors (Lipinski definition) is 4. The fourth-order valence-corrected chi connectivity index (χ4v) is 2.73. The standard InChI is InChI=1S/C17H31N3O/c1-5-8-18-12-15-11-14(4)17(19-13-15)20(9-10-21)16(6-2)7-3/h11,13,16,18,21H,5-10,12H2,1-4H3. The van der Waals surface area contributed by atoms with Crippen LogP contribution in [0, 0.1) is 6.92 Å². The summed E-state index contributed by atoms with van der Waals surface area (Å²) >= 11 is 0. The lowest BCUT2D eigenvalue weighted by molar-refractivity contribution is 0.295. The lowest BCUT2D eigenvalue weighted by Crippen LogP contribution is -2.38. The van der Waals surface area contributed by atoms with E-state index >= 15 is 0 Å². The molecule has 4 heteroatoms. The van der Waals surface area contributed by atoms with Gasteiger partial charge < -0.3 is 15.3 Å². The minimum atomic E-state index is 0.164. The summed E-state index contributed by atoms with van der Waals surface area (Å²) in [6, 6.07) is 2.64. The molecule has 1 aromatic heterocycles. The van der Waals surface area contributed by atoms with Crippen molar-refractivity contribution in [3.63, 3.8) is 0 Å². The van der Waals surface area contributed by atoms with E-state index in [4.69, 9.17) is 0 Å². The van der Waals surface area contributed by atoms with E-state index in [-0.39, 0.29) is 6.61 Å². The van der Waals surface area contributed by atoms with Crippen LogP contribution in [-0.4, -0.2) is 35.8 Å². The molecule has 1 heterocycles. The Balaban J connectivity index is 2.88. The van der Waals surface area contributed by atoms with Crippen LogP contribution >= 0.6 is 0 Å². The molecule has 21 heavy (non-hydrogen) atoms. The maximum Gasteiger partial charge on any atom is 0.131 e. The zero-order valence-electron chi connectivity index (χ0n) is 14.0. The highest BCUT2D eigenvalue weighted by Gasteiger charge is 2.18. The molecule has 0 saturated carbocycles. The third kappa shape index (κ3) is 5.29. The lowest BCUT2D eigenvalue weighted by Gasteiger charge is -2.32. The second kappa shape index (κ2) is 9.74. The van der Waals surface area contributed by atoms with E-state index in [1.54, 1.807) is 0 Å². The number of rotatable bonds is 10. The monoisotopic (exact) mass is 293 g/mol. The summed E-state index contributed by atoms with van der Waals surface area (Å²) in [5, 5.41) is 12.8. The van der Waals surface area contributed by atoms with Crippen molar-refractivity contribution in [2.45, 2.75) is 59.5 Å². The van der Waals surface area contributed by atoms with Gasteiger partial charge >= 0.3 is 0 Å². The Kier molecular flexibility index (Phi) is 8.31. The number of aliphatic hydroxyl groups excluding tert-OH is 1. The Morgan fingerprint density at radius 3 is 2.52 bits per heavy atom. The Bertz CT molecular complexity index is 405. The van der Waals surface area contributed by atoms with E-state index in [9.17, 15) is 5.11 Å². The quantitative estimate of drug-likeness (QED) is 0.651. The average Bonchev–Trinajstić information content (AvgIpc) is 2.48. The topological polar surface area (TPSA) is 48.4 Å². The second-order valence-electron chi connectivity index (χ2n) is 5.55. The van der Waals surface area contributed by atoms with Crippen molar-refractivity contribution in [1.29, 1.82) is 0 Å². The van der Waals surface area contributed by atoms with E-state index in [1.165, 1.54) is 11.1 Å². The fourth-order valence-electron chi connectivity index (χ4n) is 2.73. The molecule has 0 radical (unpaired) electrons. The molecular formula is C17H31N3O. The van der Waals surface area contributed by atoms with Crippen LogP contribution < -0.4 is 10.2 Å². The fraction of sp³-hybridized carbons (Fsp3) is 0.706. The van der Waals surface area contributed by atoms with Gasteiger partial charge in [-0.2, -0.15) is 0 Å². The van der Waals surface area contributed by atoms with Crippen molar-refractivity contribution in [3.05, 3.63) is 23.4 Å². The lowest BCUT2D eigenvalue weighted by atomic mass is 10.1. The molecule has 0 spiro atoms. The van der Waals surface area contributed by atoms with Crippen molar-refractivity contribution >= 4 is 5.82 Å². The first-order valence-electron chi connectivity index (χ1n) is 8.21. The van der Waals surface area contributed by atoms with Crippen molar-refractivity contribution < 1.29 is 5.11 Å². The molecule has 0 aromatic carbocycles. The van der Waals surface area contributed by atoms with Gasteiger partial charge in [0, 0.05) is 25.3 Å². The van der Waals surface area contributed by atoms with Crippen LogP contribution in [0.25, 0.3) is 0 Å². The zero-order valence-corrected chi connectivity index (χ0v) is 14.0. The van der Waals surface area contributed by atoms with Crippen LogP contribution in [0.2, 0.25) is 0 Å². The highest BCUT2D eigenvalue weighted by molar-refractivity contribution is 5.48. The summed E-state index contributed by atoms with van der Waals surface area (Å²) in [6.45, 7) is 11.4. The van der Waals surface area contributed by atoms with Crippen LogP contribution in [0.1, 0.15) is 51.2 Å². The van der Waals surface area contributed by atoms with Gasteiger partial charge in [0.05, 0.1) is 6.61 Å². The van der Waals surface area contributed by atoms with Crippen molar-refractivity contribution in [2.75, 3.05) is 24.6 Å². The van der Waals surface area contributed by atoms with Gasteiger partial charge in [0.2, 0.25) is 0 Å². The van der Waals surface area contributed by atoms with E-state index in [1.807, 2.05) is 6.20 Å². The number of aliphatic hydroxyl groups is 1. The van der Waals surface area contributed by atoms with Crippen molar-refractivity contribution in [3.8, 4) is 0 Å². The number of pyridine rings is 1. The second-order valence-corrected chi connectivity index (χ2v) is 5.55. The van der Waals surface area contributed by atoms with Crippen molar-refractivity contribution in [2.24, 2.45) is 0 Å². The predicted molar refractivity (Wildman–Crippen MR) is 89.8 cm³/mol. The summed E-state index contributed by atoms with van der Waals surface area (Å²) in [4.78, 5) is 6.92. The molecule has 0 aliphatic heterocycles. The van der Waals surface area contributed by atoms with Crippen LogP contribution in [0.5, 0.6) is 0 Å². The zero-order chi connectivity index (χ0) is 15.7. The molecule has 0 saturated heterocycles. The van der Waals surface area contributed by atoms with Crippen LogP contribution in [0.15, 0.2) is 12.3 Å². The van der Waals surface area contributed by atoms with Gasteiger partial charge in [0.25, 0.3) is 0 Å². The summed E-state index contributed by atoms with van der Waals surface area (Å²) in [6.07, 6.45) is 5.23. The third-order valence-electron chi connectivity index (χ3n) is 3.86. The van der Waals surface area contributed by atoms with Gasteiger partial charge in [-0.1, -0.05) is 20.8 Å². The normalized spacial score (nSPS) is 11.1. The molecule has 0 bridgehead atoms. The maximum atomic E-state index is 9.35. The summed E-state index contributed by atoms with van der Waals surface area (Å²) < 4.78 is 0. The Morgan fingerprint density at radius 2 is 2.00 bits per heavy atom. The van der Waals surface area contributed by atoms with Crippen molar-refractivity contribution in [1.82, 2.24) is 10.3 Å². The van der Waals surface area contributed by atoms with E-state index in [0.717, 1.165) is 38.2 Å². The summed E-state index contributed by atoms with van der Waals surface area (Å²) in [5.74, 6) is 1.01. The molecule has 0 unspecified atom stereocenters. The Labute approximate surface area is 129 Å². The highest BCUT2D eigenvalue weighted by Crippen LogP contribution is 2.22. The predicted octanol–water partition coefficient (Wildman–Crippen LogP) is 2.88. The Morgan fingerprint density at radius 1 is 1.29 bits per heavy atom. The summed E-state index contributed by atoms with van der Waals surface area (Å²) in [5.41, 5.74) is 2.41. The molecule has 2 N–H and O–H groups in total. The van der Waals surface area contributed by atoms with Gasteiger partial charge in [0.15, 0.2) is 0 Å². The molecule has 0 aliphatic carbocycles. The average molecular weight is 293 g/mol. The van der Waals surface area contributed by atoms with Crippen LogP contribution in [-0.2, 0) is 6.54 Å².